The lowest BCUT2D eigenvalue weighted by Crippen LogP contribution is -2.05. The zero-order valence-electron chi connectivity index (χ0n) is 13.0. The average molecular weight is 318 g/mol. The molecule has 3 aromatic rings. The quantitative estimate of drug-likeness (QED) is 0.721. The Morgan fingerprint density at radius 3 is 2.64 bits per heavy atom. The summed E-state index contributed by atoms with van der Waals surface area (Å²) in [5.74, 6) is 2.66. The molecule has 7 heteroatoms. The highest BCUT2D eigenvalue weighted by molar-refractivity contribution is 7.16. The van der Waals surface area contributed by atoms with E-state index in [4.69, 9.17) is 9.47 Å². The van der Waals surface area contributed by atoms with Gasteiger partial charge in [-0.05, 0) is 19.1 Å². The Balaban J connectivity index is 1.83. The van der Waals surface area contributed by atoms with Crippen LogP contribution in [0.25, 0.3) is 4.96 Å². The summed E-state index contributed by atoms with van der Waals surface area (Å²) < 4.78 is 13.0. The molecule has 0 saturated heterocycles. The largest absolute Gasteiger partial charge is 0.497 e. The Morgan fingerprint density at radius 1 is 1.14 bits per heavy atom. The van der Waals surface area contributed by atoms with Crippen LogP contribution in [0.1, 0.15) is 43.6 Å². The molecule has 0 fully saturated rings. The fourth-order valence-corrected chi connectivity index (χ4v) is 2.93. The van der Waals surface area contributed by atoms with Crippen LogP contribution in [0.15, 0.2) is 24.3 Å². The van der Waals surface area contributed by atoms with E-state index in [9.17, 15) is 0 Å². The lowest BCUT2D eigenvalue weighted by Gasteiger charge is -2.12. The van der Waals surface area contributed by atoms with Gasteiger partial charge < -0.3 is 9.47 Å². The molecule has 0 aliphatic carbocycles. The van der Waals surface area contributed by atoms with Crippen LogP contribution in [0.3, 0.4) is 0 Å². The molecular weight excluding hydrogens is 300 g/mol. The molecule has 0 amide bonds. The molecule has 0 aliphatic heterocycles. The number of rotatable bonds is 5. The predicted molar refractivity (Wildman–Crippen MR) is 84.8 cm³/mol. The summed E-state index contributed by atoms with van der Waals surface area (Å²) in [5, 5.41) is 13.8. The van der Waals surface area contributed by atoms with E-state index in [1.165, 1.54) is 11.3 Å². The highest BCUT2D eigenvalue weighted by atomic mass is 32.1. The lowest BCUT2D eigenvalue weighted by atomic mass is 10.2. The van der Waals surface area contributed by atoms with Crippen LogP contribution < -0.4 is 9.47 Å². The lowest BCUT2D eigenvalue weighted by molar-refractivity contribution is 0.224. The van der Waals surface area contributed by atoms with Crippen molar-refractivity contribution in [3.8, 4) is 11.5 Å². The molecule has 1 aromatic carbocycles. The van der Waals surface area contributed by atoms with E-state index in [2.05, 4.69) is 29.1 Å². The maximum atomic E-state index is 5.95. The van der Waals surface area contributed by atoms with Crippen molar-refractivity contribution in [2.45, 2.75) is 32.8 Å². The summed E-state index contributed by atoms with van der Waals surface area (Å²) in [6.07, 6.45) is -0.168. The van der Waals surface area contributed by atoms with Gasteiger partial charge in [0.15, 0.2) is 10.8 Å². The van der Waals surface area contributed by atoms with Crippen molar-refractivity contribution in [1.82, 2.24) is 19.8 Å². The number of nitrogens with zero attached hydrogens (tertiary/aromatic N) is 4. The predicted octanol–water partition coefficient (Wildman–Crippen LogP) is 3.46. The summed E-state index contributed by atoms with van der Waals surface area (Å²) in [7, 11) is 1.64. The van der Waals surface area contributed by atoms with E-state index in [0.717, 1.165) is 27.3 Å². The molecule has 0 spiro atoms. The Morgan fingerprint density at radius 2 is 1.91 bits per heavy atom. The zero-order chi connectivity index (χ0) is 15.7. The topological polar surface area (TPSA) is 61.5 Å². The van der Waals surface area contributed by atoms with Crippen LogP contribution in [-0.4, -0.2) is 26.9 Å². The Bertz CT molecular complexity index is 781. The number of ether oxygens (including phenoxy) is 2. The number of hydrogen-bond donors (Lipinski definition) is 0. The van der Waals surface area contributed by atoms with Gasteiger partial charge >= 0.3 is 0 Å². The van der Waals surface area contributed by atoms with Crippen LogP contribution in [0.2, 0.25) is 0 Å². The van der Waals surface area contributed by atoms with E-state index in [1.54, 1.807) is 11.6 Å². The van der Waals surface area contributed by atoms with Crippen LogP contribution >= 0.6 is 11.3 Å². The zero-order valence-corrected chi connectivity index (χ0v) is 13.8. The van der Waals surface area contributed by atoms with Crippen LogP contribution in [-0.2, 0) is 0 Å². The standard InChI is InChI=1S/C15H18N4O2S/c1-9(2)13-16-17-15-19(13)18-14(22-15)10(3)21-12-7-5-6-11(8-12)20-4/h5-10H,1-4H3. The van der Waals surface area contributed by atoms with Gasteiger partial charge in [0.2, 0.25) is 4.96 Å². The number of methoxy groups -OCH3 is 1. The van der Waals surface area contributed by atoms with Gasteiger partial charge in [0.25, 0.3) is 0 Å². The summed E-state index contributed by atoms with van der Waals surface area (Å²) in [6, 6.07) is 7.54. The summed E-state index contributed by atoms with van der Waals surface area (Å²) in [4.78, 5) is 0.791. The smallest absolute Gasteiger partial charge is 0.234 e. The number of benzene rings is 1. The maximum absolute atomic E-state index is 5.95. The minimum absolute atomic E-state index is 0.168. The molecule has 3 rings (SSSR count). The summed E-state index contributed by atoms with van der Waals surface area (Å²) >= 11 is 1.49. The van der Waals surface area contributed by atoms with E-state index in [-0.39, 0.29) is 12.0 Å². The molecule has 116 valence electrons. The second kappa shape index (κ2) is 5.92. The number of aromatic nitrogens is 4. The average Bonchev–Trinajstić information content (AvgIpc) is 3.07. The van der Waals surface area contributed by atoms with Gasteiger partial charge in [-0.3, -0.25) is 0 Å². The molecule has 0 aliphatic rings. The van der Waals surface area contributed by atoms with Crippen molar-refractivity contribution in [3.63, 3.8) is 0 Å². The van der Waals surface area contributed by atoms with Gasteiger partial charge in [0, 0.05) is 12.0 Å². The van der Waals surface area contributed by atoms with E-state index in [1.807, 2.05) is 31.2 Å². The third kappa shape index (κ3) is 2.76. The number of hydrogen-bond acceptors (Lipinski definition) is 6. The molecule has 2 aromatic heterocycles. The Kier molecular flexibility index (Phi) is 3.98. The second-order valence-electron chi connectivity index (χ2n) is 5.29. The number of fused-ring (bicyclic) bond motifs is 1. The van der Waals surface area contributed by atoms with Crippen molar-refractivity contribution in [1.29, 1.82) is 0 Å². The molecule has 1 atom stereocenters. The maximum Gasteiger partial charge on any atom is 0.234 e. The van der Waals surface area contributed by atoms with Gasteiger partial charge in [0.1, 0.15) is 17.6 Å². The third-order valence-corrected chi connectivity index (χ3v) is 4.31. The fourth-order valence-electron chi connectivity index (χ4n) is 2.10. The minimum atomic E-state index is -0.168. The molecule has 2 heterocycles. The van der Waals surface area contributed by atoms with Gasteiger partial charge in [-0.1, -0.05) is 31.3 Å². The summed E-state index contributed by atoms with van der Waals surface area (Å²) in [6.45, 7) is 6.12. The first-order chi connectivity index (χ1) is 10.6. The van der Waals surface area contributed by atoms with Gasteiger partial charge in [-0.2, -0.15) is 9.61 Å². The second-order valence-corrected chi connectivity index (χ2v) is 6.27. The highest BCUT2D eigenvalue weighted by Gasteiger charge is 2.18. The van der Waals surface area contributed by atoms with Gasteiger partial charge in [-0.15, -0.1) is 10.2 Å². The van der Waals surface area contributed by atoms with Crippen LogP contribution in [0, 0.1) is 0 Å². The Hall–Kier alpha value is -2.15. The van der Waals surface area contributed by atoms with Crippen LogP contribution in [0.4, 0.5) is 0 Å². The fraction of sp³-hybridized carbons (Fsp3) is 0.400. The first kappa shape index (κ1) is 14.8. The molecule has 0 saturated carbocycles. The first-order valence-corrected chi connectivity index (χ1v) is 7.93. The minimum Gasteiger partial charge on any atom is -0.497 e. The van der Waals surface area contributed by atoms with Crippen molar-refractivity contribution < 1.29 is 9.47 Å². The molecule has 0 N–H and O–H groups in total. The van der Waals surface area contributed by atoms with Crippen molar-refractivity contribution >= 4 is 16.3 Å². The molecule has 6 nitrogen and oxygen atoms in total. The van der Waals surface area contributed by atoms with Crippen LogP contribution in [0.5, 0.6) is 11.5 Å². The molecule has 0 radical (unpaired) electrons. The molecule has 0 bridgehead atoms. The Labute approximate surface area is 132 Å². The van der Waals surface area contributed by atoms with Crippen molar-refractivity contribution in [2.24, 2.45) is 0 Å². The van der Waals surface area contributed by atoms with E-state index in [0.29, 0.717) is 0 Å². The van der Waals surface area contributed by atoms with Crippen molar-refractivity contribution in [2.75, 3.05) is 7.11 Å². The van der Waals surface area contributed by atoms with Crippen molar-refractivity contribution in [3.05, 3.63) is 35.1 Å². The molecule has 22 heavy (non-hydrogen) atoms. The third-order valence-electron chi connectivity index (χ3n) is 3.25. The van der Waals surface area contributed by atoms with Gasteiger partial charge in [-0.25, -0.2) is 0 Å². The monoisotopic (exact) mass is 318 g/mol. The van der Waals surface area contributed by atoms with E-state index < -0.39 is 0 Å². The SMILES string of the molecule is COc1cccc(OC(C)c2nn3c(C(C)C)nnc3s2)c1. The van der Waals surface area contributed by atoms with E-state index >= 15 is 0 Å². The van der Waals surface area contributed by atoms with Gasteiger partial charge in [0.05, 0.1) is 7.11 Å². The first-order valence-electron chi connectivity index (χ1n) is 7.11. The summed E-state index contributed by atoms with van der Waals surface area (Å²) in [5.41, 5.74) is 0. The molecule has 1 unspecified atom stereocenters. The molecular formula is C15H18N4O2S. The normalized spacial score (nSPS) is 12.8. The highest BCUT2D eigenvalue weighted by Crippen LogP contribution is 2.28.